The second-order valence-electron chi connectivity index (χ2n) is 5.54. The molecule has 0 bridgehead atoms. The number of rotatable bonds is 8. The van der Waals surface area contributed by atoms with Crippen LogP contribution < -0.4 is 15.4 Å². The summed E-state index contributed by atoms with van der Waals surface area (Å²) in [5.74, 6) is 0.534. The summed E-state index contributed by atoms with van der Waals surface area (Å²) in [5.41, 5.74) is 1.40. The average molecular weight is 364 g/mol. The summed E-state index contributed by atoms with van der Waals surface area (Å²) in [5, 5.41) is 6.00. The van der Waals surface area contributed by atoms with E-state index < -0.39 is 0 Å². The first kappa shape index (κ1) is 19.0. The molecule has 0 aliphatic heterocycles. The number of nitrogens with zero attached hydrogens (tertiary/aromatic N) is 1. The normalized spacial score (nSPS) is 11.6. The maximum atomic E-state index is 11.9. The highest BCUT2D eigenvalue weighted by molar-refractivity contribution is 6.32. The van der Waals surface area contributed by atoms with Crippen molar-refractivity contribution in [3.05, 3.63) is 53.3 Å². The molecule has 2 amide bonds. The van der Waals surface area contributed by atoms with Gasteiger partial charge in [-0.15, -0.1) is 0 Å². The molecular formula is C18H22ClN3O3. The fourth-order valence-corrected chi connectivity index (χ4v) is 2.32. The van der Waals surface area contributed by atoms with Crippen LogP contribution in [0.4, 0.5) is 10.5 Å². The molecule has 7 heteroatoms. The van der Waals surface area contributed by atoms with Crippen molar-refractivity contribution >= 4 is 23.3 Å². The number of carbonyl (C=O) groups excluding carboxylic acids is 1. The number of urea groups is 1. The van der Waals surface area contributed by atoms with Gasteiger partial charge in [0.25, 0.3) is 0 Å². The van der Waals surface area contributed by atoms with Crippen molar-refractivity contribution in [2.45, 2.75) is 26.0 Å². The van der Waals surface area contributed by atoms with Crippen LogP contribution >= 0.6 is 11.6 Å². The Morgan fingerprint density at radius 2 is 2.16 bits per heavy atom. The molecule has 25 heavy (non-hydrogen) atoms. The first-order valence-corrected chi connectivity index (χ1v) is 8.35. The Morgan fingerprint density at radius 1 is 1.32 bits per heavy atom. The highest BCUT2D eigenvalue weighted by Gasteiger charge is 2.09. The molecular weight excluding hydrogens is 342 g/mol. The lowest BCUT2D eigenvalue weighted by atomic mass is 10.2. The van der Waals surface area contributed by atoms with Crippen molar-refractivity contribution in [2.24, 2.45) is 0 Å². The van der Waals surface area contributed by atoms with Crippen LogP contribution in [0.1, 0.15) is 19.0 Å². The fraction of sp³-hybridized carbons (Fsp3) is 0.333. The fourth-order valence-electron chi connectivity index (χ4n) is 2.09. The minimum absolute atomic E-state index is 0.0106. The zero-order valence-electron chi connectivity index (χ0n) is 14.3. The molecule has 1 unspecified atom stereocenters. The monoisotopic (exact) mass is 363 g/mol. The van der Waals surface area contributed by atoms with Crippen molar-refractivity contribution in [1.82, 2.24) is 10.3 Å². The minimum Gasteiger partial charge on any atom is -0.486 e. The Labute approximate surface area is 152 Å². The number of carbonyl (C=O) groups is 1. The number of benzene rings is 1. The molecule has 1 aromatic heterocycles. The van der Waals surface area contributed by atoms with E-state index in [0.717, 1.165) is 12.1 Å². The molecule has 2 rings (SSSR count). The lowest BCUT2D eigenvalue weighted by Crippen LogP contribution is -2.36. The van der Waals surface area contributed by atoms with E-state index in [2.05, 4.69) is 15.6 Å². The summed E-state index contributed by atoms with van der Waals surface area (Å²) in [6.07, 6.45) is 2.45. The van der Waals surface area contributed by atoms with Gasteiger partial charge in [-0.3, -0.25) is 4.98 Å². The van der Waals surface area contributed by atoms with Crippen LogP contribution in [-0.4, -0.2) is 30.8 Å². The van der Waals surface area contributed by atoms with Gasteiger partial charge in [-0.05, 0) is 43.7 Å². The van der Waals surface area contributed by atoms with E-state index in [4.69, 9.17) is 21.1 Å². The van der Waals surface area contributed by atoms with Crippen LogP contribution in [0, 0.1) is 0 Å². The molecule has 0 spiro atoms. The summed E-state index contributed by atoms with van der Waals surface area (Å²) in [4.78, 5) is 16.1. The van der Waals surface area contributed by atoms with Gasteiger partial charge in [0.15, 0.2) is 0 Å². The van der Waals surface area contributed by atoms with Gasteiger partial charge in [0.2, 0.25) is 0 Å². The Balaban J connectivity index is 1.87. The van der Waals surface area contributed by atoms with Crippen LogP contribution in [0.2, 0.25) is 5.02 Å². The average Bonchev–Trinajstić information content (AvgIpc) is 2.60. The molecule has 0 aliphatic carbocycles. The third-order valence-electron chi connectivity index (χ3n) is 3.42. The number of hydrogen-bond acceptors (Lipinski definition) is 4. The molecule has 0 fully saturated rings. The molecule has 1 heterocycles. The van der Waals surface area contributed by atoms with Crippen molar-refractivity contribution in [3.8, 4) is 5.75 Å². The number of aromatic nitrogens is 1. The topological polar surface area (TPSA) is 72.5 Å². The van der Waals surface area contributed by atoms with Crippen LogP contribution in [0.25, 0.3) is 0 Å². The van der Waals surface area contributed by atoms with Gasteiger partial charge in [0.1, 0.15) is 12.4 Å². The molecule has 2 aromatic rings. The maximum Gasteiger partial charge on any atom is 0.319 e. The molecule has 134 valence electrons. The minimum atomic E-state index is -0.290. The highest BCUT2D eigenvalue weighted by Crippen LogP contribution is 2.28. The molecule has 6 nitrogen and oxygen atoms in total. The number of pyridine rings is 1. The van der Waals surface area contributed by atoms with Gasteiger partial charge in [0.05, 0.1) is 10.7 Å². The molecule has 2 N–H and O–H groups in total. The predicted octanol–water partition coefficient (Wildman–Crippen LogP) is 3.86. The molecule has 0 saturated carbocycles. The summed E-state index contributed by atoms with van der Waals surface area (Å²) in [6, 6.07) is 10.4. The summed E-state index contributed by atoms with van der Waals surface area (Å²) in [7, 11) is 1.63. The Morgan fingerprint density at radius 3 is 2.84 bits per heavy atom. The molecule has 0 aliphatic rings. The van der Waals surface area contributed by atoms with Crippen molar-refractivity contribution < 1.29 is 14.3 Å². The number of anilines is 1. The largest absolute Gasteiger partial charge is 0.486 e. The first-order chi connectivity index (χ1) is 12.1. The van der Waals surface area contributed by atoms with Gasteiger partial charge >= 0.3 is 6.03 Å². The first-order valence-electron chi connectivity index (χ1n) is 7.97. The van der Waals surface area contributed by atoms with E-state index in [1.165, 1.54) is 0 Å². The predicted molar refractivity (Wildman–Crippen MR) is 98.1 cm³/mol. The smallest absolute Gasteiger partial charge is 0.319 e. The van der Waals surface area contributed by atoms with Gasteiger partial charge < -0.3 is 20.1 Å². The van der Waals surface area contributed by atoms with E-state index in [1.807, 2.05) is 25.1 Å². The Hall–Kier alpha value is -2.31. The number of methoxy groups -OCH3 is 1. The lowest BCUT2D eigenvalue weighted by Gasteiger charge is -2.15. The third kappa shape index (κ3) is 6.60. The van der Waals surface area contributed by atoms with Gasteiger partial charge in [-0.25, -0.2) is 4.79 Å². The van der Waals surface area contributed by atoms with E-state index in [-0.39, 0.29) is 12.1 Å². The summed E-state index contributed by atoms with van der Waals surface area (Å²) in [6.45, 7) is 2.83. The van der Waals surface area contributed by atoms with E-state index in [9.17, 15) is 4.79 Å². The summed E-state index contributed by atoms with van der Waals surface area (Å²) < 4.78 is 10.6. The second-order valence-corrected chi connectivity index (χ2v) is 5.94. The van der Waals surface area contributed by atoms with Crippen LogP contribution in [-0.2, 0) is 11.3 Å². The number of hydrogen-bond donors (Lipinski definition) is 2. The molecule has 1 aromatic carbocycles. The zero-order valence-corrected chi connectivity index (χ0v) is 15.0. The maximum absolute atomic E-state index is 11.9. The van der Waals surface area contributed by atoms with E-state index >= 15 is 0 Å². The van der Waals surface area contributed by atoms with Gasteiger partial charge in [0, 0.05) is 31.6 Å². The number of nitrogens with one attached hydrogen (secondary N) is 2. The van der Waals surface area contributed by atoms with Gasteiger partial charge in [-0.1, -0.05) is 17.7 Å². The second kappa shape index (κ2) is 9.86. The van der Waals surface area contributed by atoms with Crippen LogP contribution in [0.15, 0.2) is 42.6 Å². The SMILES string of the molecule is COCCC(C)NC(=O)Nc1ccc(OCc2ccccn2)c(Cl)c1. The Bertz CT molecular complexity index is 683. The quantitative estimate of drug-likeness (QED) is 0.747. The van der Waals surface area contributed by atoms with Crippen LogP contribution in [0.5, 0.6) is 5.75 Å². The van der Waals surface area contributed by atoms with E-state index in [0.29, 0.717) is 29.7 Å². The van der Waals surface area contributed by atoms with E-state index in [1.54, 1.807) is 31.5 Å². The number of ether oxygens (including phenoxy) is 2. The zero-order chi connectivity index (χ0) is 18.1. The molecule has 0 saturated heterocycles. The molecule has 0 radical (unpaired) electrons. The van der Waals surface area contributed by atoms with Crippen molar-refractivity contribution in [1.29, 1.82) is 0 Å². The third-order valence-corrected chi connectivity index (χ3v) is 3.72. The molecule has 1 atom stereocenters. The van der Waals surface area contributed by atoms with Gasteiger partial charge in [-0.2, -0.15) is 0 Å². The summed E-state index contributed by atoms with van der Waals surface area (Å²) >= 11 is 6.22. The Kier molecular flexibility index (Phi) is 7.50. The number of halogens is 1. The van der Waals surface area contributed by atoms with Crippen LogP contribution in [0.3, 0.4) is 0 Å². The van der Waals surface area contributed by atoms with Crippen molar-refractivity contribution in [2.75, 3.05) is 19.0 Å². The lowest BCUT2D eigenvalue weighted by molar-refractivity contribution is 0.185. The number of amides is 2. The van der Waals surface area contributed by atoms with Crippen molar-refractivity contribution in [3.63, 3.8) is 0 Å². The standard InChI is InChI=1S/C18H22ClN3O3/c1-13(8-10-24-2)21-18(23)22-14-6-7-17(16(19)11-14)25-12-15-5-3-4-9-20-15/h3-7,9,11,13H,8,10,12H2,1-2H3,(H2,21,22,23). The highest BCUT2D eigenvalue weighted by atomic mass is 35.5.